The predicted molar refractivity (Wildman–Crippen MR) is 232 cm³/mol. The summed E-state index contributed by atoms with van der Waals surface area (Å²) >= 11 is 0. The van der Waals surface area contributed by atoms with Crippen LogP contribution in [0.15, 0.2) is 24.3 Å². The number of ether oxygens (including phenoxy) is 2. The van der Waals surface area contributed by atoms with Crippen LogP contribution in [-0.4, -0.2) is 78.3 Å². The fourth-order valence-corrected chi connectivity index (χ4v) is 7.21. The number of esters is 2. The van der Waals surface area contributed by atoms with Crippen LogP contribution in [0.5, 0.6) is 0 Å². The van der Waals surface area contributed by atoms with Gasteiger partial charge in [-0.2, -0.15) is 0 Å². The number of aliphatic hydroxyl groups excluding tert-OH is 2. The van der Waals surface area contributed by atoms with Gasteiger partial charge in [-0.1, -0.05) is 154 Å². The van der Waals surface area contributed by atoms with E-state index in [0.29, 0.717) is 25.7 Å². The summed E-state index contributed by atoms with van der Waals surface area (Å²) < 4.78 is 33.8. The van der Waals surface area contributed by atoms with Gasteiger partial charge in [0.2, 0.25) is 0 Å². The van der Waals surface area contributed by atoms with Crippen molar-refractivity contribution in [3.63, 3.8) is 0 Å². The molecule has 0 radical (unpaired) electrons. The zero-order valence-corrected chi connectivity index (χ0v) is 37.4. The maximum absolute atomic E-state index is 12.7. The number of phosphoric acid groups is 1. The quantitative estimate of drug-likeness (QED) is 0.0200. The van der Waals surface area contributed by atoms with Gasteiger partial charge in [-0.25, -0.2) is 4.57 Å². The van der Waals surface area contributed by atoms with Crippen molar-refractivity contribution in [1.29, 1.82) is 0 Å². The van der Waals surface area contributed by atoms with E-state index in [2.05, 4.69) is 43.5 Å². The normalized spacial score (nSPS) is 14.6. The summed E-state index contributed by atoms with van der Waals surface area (Å²) in [6.45, 7) is 5.34. The molecule has 0 aliphatic heterocycles. The molecule has 0 saturated carbocycles. The highest BCUT2D eigenvalue weighted by Gasteiger charge is 2.26. The first-order valence-electron chi connectivity index (χ1n) is 23.0. The maximum Gasteiger partial charge on any atom is 0.472 e. The minimum Gasteiger partial charge on any atom is -0.462 e. The lowest BCUT2D eigenvalue weighted by molar-refractivity contribution is -0.161. The first-order chi connectivity index (χ1) is 27.7. The van der Waals surface area contributed by atoms with E-state index in [1.54, 1.807) is 0 Å². The molecule has 0 aromatic heterocycles. The first-order valence-corrected chi connectivity index (χ1v) is 24.5. The van der Waals surface area contributed by atoms with Gasteiger partial charge in [-0.15, -0.1) is 0 Å². The number of phosphoric ester groups is 1. The summed E-state index contributed by atoms with van der Waals surface area (Å²) in [5, 5.41) is 22.4. The summed E-state index contributed by atoms with van der Waals surface area (Å²) in [7, 11) is -4.53. The van der Waals surface area contributed by atoms with Gasteiger partial charge in [-0.3, -0.25) is 18.6 Å². The standard InChI is InChI=1S/C45H86NO10P/c1-4-7-9-11-13-15-17-19-20-22-24-26-28-30-32-34-45(50)56-41(40-55-57(51,52)54-38-36-46-42(35-37-47)43(48)6-3)39-53-44(49)33-31-29-27-25-23-21-18-16-14-12-10-8-5-2/h13,15,19-20,41-43,46-48H,4-12,14,16-18,21-40H2,1-3H3,(H,51,52)/b15-13-,20-19-. The molecule has 0 bridgehead atoms. The average molecular weight is 832 g/mol. The van der Waals surface area contributed by atoms with Gasteiger partial charge >= 0.3 is 19.8 Å². The Morgan fingerprint density at radius 1 is 0.649 bits per heavy atom. The Morgan fingerprint density at radius 2 is 1.14 bits per heavy atom. The van der Waals surface area contributed by atoms with Crippen LogP contribution in [0, 0.1) is 0 Å². The summed E-state index contributed by atoms with van der Waals surface area (Å²) in [5.41, 5.74) is 0. The summed E-state index contributed by atoms with van der Waals surface area (Å²) in [6, 6.07) is -0.389. The molecular formula is C45H86NO10P. The lowest BCUT2D eigenvalue weighted by atomic mass is 10.0. The van der Waals surface area contributed by atoms with Crippen LogP contribution in [0.4, 0.5) is 0 Å². The molecule has 0 fully saturated rings. The summed E-state index contributed by atoms with van der Waals surface area (Å²) in [6.07, 6.45) is 35.9. The molecule has 4 unspecified atom stereocenters. The third-order valence-corrected chi connectivity index (χ3v) is 11.0. The van der Waals surface area contributed by atoms with Crippen LogP contribution in [-0.2, 0) is 32.7 Å². The second-order valence-corrected chi connectivity index (χ2v) is 16.9. The van der Waals surface area contributed by atoms with Crippen molar-refractivity contribution in [2.24, 2.45) is 0 Å². The van der Waals surface area contributed by atoms with Crippen LogP contribution in [0.1, 0.15) is 201 Å². The molecule has 336 valence electrons. The Balaban J connectivity index is 4.62. The number of aliphatic hydroxyl groups is 2. The number of hydrogen-bond donors (Lipinski definition) is 4. The number of carbonyl (C=O) groups is 2. The third-order valence-electron chi connectivity index (χ3n) is 10.1. The van der Waals surface area contributed by atoms with Gasteiger partial charge in [0.1, 0.15) is 6.61 Å². The van der Waals surface area contributed by atoms with E-state index < -0.39 is 38.6 Å². The minimum atomic E-state index is -4.53. The fourth-order valence-electron chi connectivity index (χ4n) is 6.46. The number of carbonyl (C=O) groups excluding carboxylic acids is 2. The van der Waals surface area contributed by atoms with E-state index in [-0.39, 0.29) is 45.2 Å². The van der Waals surface area contributed by atoms with E-state index in [4.69, 9.17) is 18.5 Å². The molecular weight excluding hydrogens is 745 g/mol. The van der Waals surface area contributed by atoms with Gasteiger partial charge < -0.3 is 29.9 Å². The molecule has 0 aromatic rings. The predicted octanol–water partition coefficient (Wildman–Crippen LogP) is 11.0. The monoisotopic (exact) mass is 832 g/mol. The molecule has 11 nitrogen and oxygen atoms in total. The Kier molecular flexibility index (Phi) is 40.0. The van der Waals surface area contributed by atoms with Crippen molar-refractivity contribution < 1.29 is 47.8 Å². The molecule has 0 saturated heterocycles. The number of nitrogens with one attached hydrogen (secondary N) is 1. The maximum atomic E-state index is 12.7. The molecule has 4 N–H and O–H groups in total. The number of rotatable bonds is 43. The van der Waals surface area contributed by atoms with Crippen LogP contribution < -0.4 is 5.32 Å². The highest BCUT2D eigenvalue weighted by molar-refractivity contribution is 7.47. The zero-order chi connectivity index (χ0) is 42.1. The largest absolute Gasteiger partial charge is 0.472 e. The van der Waals surface area contributed by atoms with Crippen molar-refractivity contribution in [2.45, 2.75) is 219 Å². The molecule has 0 aliphatic rings. The first kappa shape index (κ1) is 55.4. The van der Waals surface area contributed by atoms with Crippen LogP contribution in [0.25, 0.3) is 0 Å². The lowest BCUT2D eigenvalue weighted by Gasteiger charge is -2.23. The summed E-state index contributed by atoms with van der Waals surface area (Å²) in [4.78, 5) is 35.5. The van der Waals surface area contributed by atoms with E-state index in [1.807, 2.05) is 6.92 Å². The molecule has 0 amide bonds. The zero-order valence-electron chi connectivity index (χ0n) is 36.5. The molecule has 0 spiro atoms. The third kappa shape index (κ3) is 38.4. The van der Waals surface area contributed by atoms with E-state index in [1.165, 1.54) is 77.0 Å². The van der Waals surface area contributed by atoms with Gasteiger partial charge in [0.15, 0.2) is 6.10 Å². The molecule has 0 aromatic carbocycles. The highest BCUT2D eigenvalue weighted by atomic mass is 31.2. The fraction of sp³-hybridized carbons (Fsp3) is 0.867. The van der Waals surface area contributed by atoms with Crippen molar-refractivity contribution in [3.05, 3.63) is 24.3 Å². The topological polar surface area (TPSA) is 161 Å². The molecule has 57 heavy (non-hydrogen) atoms. The van der Waals surface area contributed by atoms with Crippen molar-refractivity contribution in [3.8, 4) is 0 Å². The Hall–Kier alpha value is -1.59. The van der Waals surface area contributed by atoms with Gasteiger partial charge in [0.05, 0.1) is 19.3 Å². The van der Waals surface area contributed by atoms with Gasteiger partial charge in [-0.05, 0) is 57.8 Å². The second-order valence-electron chi connectivity index (χ2n) is 15.4. The molecule has 0 heterocycles. The molecule has 12 heteroatoms. The van der Waals surface area contributed by atoms with Crippen LogP contribution in [0.3, 0.4) is 0 Å². The average Bonchev–Trinajstić information content (AvgIpc) is 3.20. The van der Waals surface area contributed by atoms with Crippen LogP contribution in [0.2, 0.25) is 0 Å². The van der Waals surface area contributed by atoms with Crippen molar-refractivity contribution in [1.82, 2.24) is 5.32 Å². The van der Waals surface area contributed by atoms with Crippen molar-refractivity contribution >= 4 is 19.8 Å². The Morgan fingerprint density at radius 3 is 1.68 bits per heavy atom. The van der Waals surface area contributed by atoms with Gasteiger partial charge in [0, 0.05) is 32.0 Å². The van der Waals surface area contributed by atoms with E-state index in [0.717, 1.165) is 64.2 Å². The minimum absolute atomic E-state index is 0.114. The lowest BCUT2D eigenvalue weighted by Crippen LogP contribution is -2.41. The second kappa shape index (κ2) is 41.2. The summed E-state index contributed by atoms with van der Waals surface area (Å²) in [5.74, 6) is -0.891. The molecule has 4 atom stereocenters. The Labute approximate surface area is 348 Å². The van der Waals surface area contributed by atoms with E-state index >= 15 is 0 Å². The van der Waals surface area contributed by atoms with E-state index in [9.17, 15) is 29.3 Å². The van der Waals surface area contributed by atoms with Crippen molar-refractivity contribution in [2.75, 3.05) is 33.0 Å². The smallest absolute Gasteiger partial charge is 0.462 e. The SMILES string of the molecule is CCCCC/C=C\C/C=C\CCCCCCCC(=O)OC(COC(=O)CCCCCCCCCCCCCCC)COP(=O)(O)OCCNC(CCO)C(O)CC. The number of hydrogen-bond acceptors (Lipinski definition) is 10. The van der Waals surface area contributed by atoms with Crippen LogP contribution >= 0.6 is 7.82 Å². The Bertz CT molecular complexity index is 1030. The molecule has 0 aliphatic carbocycles. The molecule has 0 rings (SSSR count). The highest BCUT2D eigenvalue weighted by Crippen LogP contribution is 2.43. The number of unbranched alkanes of at least 4 members (excludes halogenated alkanes) is 20. The van der Waals surface area contributed by atoms with Gasteiger partial charge in [0.25, 0.3) is 0 Å². The number of allylic oxidation sites excluding steroid dienone is 4.